The number of likely N-dealkylation sites (N-methyl/N-ethyl adjacent to an activating group) is 1. The van der Waals surface area contributed by atoms with E-state index in [0.29, 0.717) is 37.5 Å². The maximum Gasteiger partial charge on any atom is 0.214 e. The number of sulfonamides is 1. The second kappa shape index (κ2) is 5.43. The smallest absolute Gasteiger partial charge is 0.214 e. The molecule has 6 heteroatoms. The lowest BCUT2D eigenvalue weighted by Crippen LogP contribution is -2.40. The Morgan fingerprint density at radius 3 is 2.65 bits per heavy atom. The van der Waals surface area contributed by atoms with Crippen LogP contribution in [0.3, 0.4) is 0 Å². The molecule has 2 rings (SSSR count). The van der Waals surface area contributed by atoms with E-state index in [-0.39, 0.29) is 5.75 Å². The first-order valence-electron chi connectivity index (χ1n) is 6.30. The molecule has 0 saturated carbocycles. The number of fused-ring (bicyclic) bond motifs is 2. The lowest BCUT2D eigenvalue weighted by atomic mass is 10.1. The summed E-state index contributed by atoms with van der Waals surface area (Å²) in [6.45, 7) is 1.34. The van der Waals surface area contributed by atoms with Crippen LogP contribution in [-0.2, 0) is 10.0 Å². The van der Waals surface area contributed by atoms with Gasteiger partial charge in [0.05, 0.1) is 5.75 Å². The van der Waals surface area contributed by atoms with Crippen molar-refractivity contribution in [2.24, 2.45) is 0 Å². The first-order chi connectivity index (χ1) is 8.04. The molecule has 0 aromatic heterocycles. The van der Waals surface area contributed by atoms with Gasteiger partial charge in [-0.15, -0.1) is 11.6 Å². The summed E-state index contributed by atoms with van der Waals surface area (Å²) < 4.78 is 25.9. The lowest BCUT2D eigenvalue weighted by Gasteiger charge is -2.25. The van der Waals surface area contributed by atoms with Gasteiger partial charge in [0.1, 0.15) is 0 Å². The van der Waals surface area contributed by atoms with Gasteiger partial charge in [0.15, 0.2) is 0 Å². The summed E-state index contributed by atoms with van der Waals surface area (Å²) in [7, 11) is -0.970. The van der Waals surface area contributed by atoms with Gasteiger partial charge >= 0.3 is 0 Å². The van der Waals surface area contributed by atoms with Crippen LogP contribution in [-0.4, -0.2) is 61.5 Å². The summed E-state index contributed by atoms with van der Waals surface area (Å²) in [5.74, 6) is 0.608. The Labute approximate surface area is 109 Å². The maximum absolute atomic E-state index is 12.1. The van der Waals surface area contributed by atoms with E-state index in [1.807, 2.05) is 0 Å². The van der Waals surface area contributed by atoms with Crippen molar-refractivity contribution in [2.45, 2.75) is 37.8 Å². The zero-order chi connectivity index (χ0) is 12.5. The van der Waals surface area contributed by atoms with E-state index < -0.39 is 10.0 Å². The highest BCUT2D eigenvalue weighted by Gasteiger charge is 2.37. The van der Waals surface area contributed by atoms with Crippen molar-refractivity contribution in [2.75, 3.05) is 31.8 Å². The van der Waals surface area contributed by atoms with Crippen LogP contribution in [0.15, 0.2) is 0 Å². The van der Waals surface area contributed by atoms with Crippen molar-refractivity contribution >= 4 is 21.6 Å². The van der Waals surface area contributed by atoms with Gasteiger partial charge in [-0.2, -0.15) is 0 Å². The number of rotatable bonds is 4. The molecule has 2 aliphatic heterocycles. The van der Waals surface area contributed by atoms with Crippen LogP contribution in [0, 0.1) is 0 Å². The Hall–Kier alpha value is 0.160. The molecule has 0 spiro atoms. The average molecular weight is 281 g/mol. The summed E-state index contributed by atoms with van der Waals surface area (Å²) in [5, 5.41) is 0. The third-order valence-corrected chi connectivity index (χ3v) is 6.23. The summed E-state index contributed by atoms with van der Waals surface area (Å²) in [4.78, 5) is 2.36. The molecule has 0 aromatic carbocycles. The first kappa shape index (κ1) is 13.6. The van der Waals surface area contributed by atoms with E-state index >= 15 is 0 Å². The minimum atomic E-state index is -3.09. The number of nitrogens with zero attached hydrogens (tertiary/aromatic N) is 2. The maximum atomic E-state index is 12.1. The van der Waals surface area contributed by atoms with Gasteiger partial charge in [0.25, 0.3) is 0 Å². The molecule has 0 radical (unpaired) electrons. The van der Waals surface area contributed by atoms with Crippen molar-refractivity contribution in [1.29, 1.82) is 0 Å². The number of hydrogen-bond donors (Lipinski definition) is 0. The fraction of sp³-hybridized carbons (Fsp3) is 1.00. The minimum absolute atomic E-state index is 0.192. The van der Waals surface area contributed by atoms with Gasteiger partial charge in [-0.3, -0.25) is 4.90 Å². The van der Waals surface area contributed by atoms with E-state index in [9.17, 15) is 8.42 Å². The number of halogens is 1. The molecule has 2 heterocycles. The van der Waals surface area contributed by atoms with Crippen LogP contribution < -0.4 is 0 Å². The van der Waals surface area contributed by atoms with E-state index in [1.54, 1.807) is 4.31 Å². The summed E-state index contributed by atoms with van der Waals surface area (Å²) >= 11 is 5.57. The van der Waals surface area contributed by atoms with Gasteiger partial charge in [-0.05, 0) is 32.7 Å². The van der Waals surface area contributed by atoms with Crippen LogP contribution in [0.1, 0.15) is 25.7 Å². The van der Waals surface area contributed by atoms with Crippen molar-refractivity contribution in [1.82, 2.24) is 9.21 Å². The quantitative estimate of drug-likeness (QED) is 0.725. The first-order valence-corrected chi connectivity index (χ1v) is 8.44. The Morgan fingerprint density at radius 2 is 1.94 bits per heavy atom. The third-order valence-electron chi connectivity index (χ3n) is 4.04. The predicted molar refractivity (Wildman–Crippen MR) is 69.9 cm³/mol. The summed E-state index contributed by atoms with van der Waals surface area (Å²) in [6.07, 6.45) is 3.86. The van der Waals surface area contributed by atoms with Crippen molar-refractivity contribution in [3.8, 4) is 0 Å². The Kier molecular flexibility index (Phi) is 4.34. The van der Waals surface area contributed by atoms with Crippen molar-refractivity contribution in [3.05, 3.63) is 0 Å². The molecule has 0 N–H and O–H groups in total. The number of hydrogen-bond acceptors (Lipinski definition) is 3. The zero-order valence-corrected chi connectivity index (χ0v) is 11.9. The molecule has 0 amide bonds. The van der Waals surface area contributed by atoms with Crippen LogP contribution >= 0.6 is 11.6 Å². The number of alkyl halides is 1. The van der Waals surface area contributed by atoms with Gasteiger partial charge in [0, 0.05) is 31.1 Å². The van der Waals surface area contributed by atoms with Crippen LogP contribution in [0.4, 0.5) is 0 Å². The topological polar surface area (TPSA) is 40.6 Å². The monoisotopic (exact) mass is 280 g/mol. The lowest BCUT2D eigenvalue weighted by molar-refractivity contribution is 0.246. The molecule has 2 saturated heterocycles. The zero-order valence-electron chi connectivity index (χ0n) is 10.3. The van der Waals surface area contributed by atoms with E-state index in [1.165, 1.54) is 6.42 Å². The molecule has 17 heavy (non-hydrogen) atoms. The SMILES string of the molecule is CN1C2CCC1CN(S(=O)(=O)CCCCl)CC2. The highest BCUT2D eigenvalue weighted by molar-refractivity contribution is 7.89. The molecule has 2 atom stereocenters. The second-order valence-electron chi connectivity index (χ2n) is 5.06. The van der Waals surface area contributed by atoms with E-state index in [4.69, 9.17) is 11.6 Å². The van der Waals surface area contributed by atoms with E-state index in [2.05, 4.69) is 11.9 Å². The van der Waals surface area contributed by atoms with Gasteiger partial charge < -0.3 is 0 Å². The molecular weight excluding hydrogens is 260 g/mol. The molecule has 4 nitrogen and oxygen atoms in total. The fourth-order valence-electron chi connectivity index (χ4n) is 2.90. The summed E-state index contributed by atoms with van der Waals surface area (Å²) in [5.41, 5.74) is 0. The van der Waals surface area contributed by atoms with Crippen molar-refractivity contribution < 1.29 is 8.42 Å². The third kappa shape index (κ3) is 2.95. The van der Waals surface area contributed by atoms with Crippen molar-refractivity contribution in [3.63, 3.8) is 0 Å². The van der Waals surface area contributed by atoms with Gasteiger partial charge in [-0.25, -0.2) is 12.7 Å². The highest BCUT2D eigenvalue weighted by Crippen LogP contribution is 2.29. The van der Waals surface area contributed by atoms with Gasteiger partial charge in [-0.1, -0.05) is 0 Å². The Balaban J connectivity index is 2.03. The van der Waals surface area contributed by atoms with E-state index in [0.717, 1.165) is 12.8 Å². The fourth-order valence-corrected chi connectivity index (χ4v) is 4.74. The standard InChI is InChI=1S/C11H21ClN2O2S/c1-13-10-3-4-11(13)9-14(7-5-10)17(15,16)8-2-6-12/h10-11H,2-9H2,1H3. The minimum Gasteiger partial charge on any atom is -0.299 e. The second-order valence-corrected chi connectivity index (χ2v) is 7.52. The molecule has 0 aromatic rings. The Bertz CT molecular complexity index is 360. The van der Waals surface area contributed by atoms with Gasteiger partial charge in [0.2, 0.25) is 10.0 Å². The summed E-state index contributed by atoms with van der Waals surface area (Å²) in [6, 6.07) is 0.988. The molecule has 2 aliphatic rings. The largest absolute Gasteiger partial charge is 0.299 e. The normalized spacial score (nSPS) is 31.6. The van der Waals surface area contributed by atoms with Crippen LogP contribution in [0.25, 0.3) is 0 Å². The predicted octanol–water partition coefficient (Wildman–Crippen LogP) is 1.11. The Morgan fingerprint density at radius 1 is 1.24 bits per heavy atom. The molecular formula is C11H21ClN2O2S. The van der Waals surface area contributed by atoms with Crippen LogP contribution in [0.5, 0.6) is 0 Å². The average Bonchev–Trinajstić information content (AvgIpc) is 2.49. The highest BCUT2D eigenvalue weighted by atomic mass is 35.5. The molecule has 0 aliphatic carbocycles. The van der Waals surface area contributed by atoms with Crippen LogP contribution in [0.2, 0.25) is 0 Å². The molecule has 2 bridgehead atoms. The molecule has 100 valence electrons. The molecule has 2 unspecified atom stereocenters. The molecule has 2 fully saturated rings.